The average molecular weight is 170 g/mol. The number of ketones is 1. The second-order valence-corrected chi connectivity index (χ2v) is 5.43. The Morgan fingerprint density at radius 3 is 3.00 bits per heavy atom. The Hall–Kier alpha value is -0.413. The third kappa shape index (κ3) is 2.99. The monoisotopic (exact) mass is 170 g/mol. The minimum Gasteiger partial charge on any atom is -0.420 e. The van der Waals surface area contributed by atoms with Crippen molar-refractivity contribution in [3.05, 3.63) is 12.7 Å². The van der Waals surface area contributed by atoms with Crippen LogP contribution < -0.4 is 0 Å². The molecule has 0 aromatic carbocycles. The molecular formula is C8H14O2Si. The van der Waals surface area contributed by atoms with Crippen molar-refractivity contribution in [3.63, 3.8) is 0 Å². The van der Waals surface area contributed by atoms with Gasteiger partial charge in [0.15, 0.2) is 14.8 Å². The molecule has 11 heavy (non-hydrogen) atoms. The van der Waals surface area contributed by atoms with Gasteiger partial charge in [-0.1, -0.05) is 13.0 Å². The molecule has 1 atom stereocenters. The van der Waals surface area contributed by atoms with E-state index in [-0.39, 0.29) is 5.78 Å². The third-order valence-corrected chi connectivity index (χ3v) is 4.55. The standard InChI is InChI=1S/C8H14O2Si/c1-2-8(9)7-11-6-4-3-5-10-11/h2,11H,1,3-7H2. The number of carbonyl (C=O) groups is 1. The van der Waals surface area contributed by atoms with E-state index in [4.69, 9.17) is 4.43 Å². The van der Waals surface area contributed by atoms with Crippen LogP contribution in [0.1, 0.15) is 12.8 Å². The Labute approximate surface area is 69.0 Å². The molecule has 1 rings (SSSR count). The molecule has 1 heterocycles. The van der Waals surface area contributed by atoms with Gasteiger partial charge in [0, 0.05) is 12.7 Å². The number of allylic oxidation sites excluding steroid dienone is 1. The second-order valence-electron chi connectivity index (χ2n) is 2.86. The zero-order chi connectivity index (χ0) is 8.10. The molecule has 1 unspecified atom stereocenters. The summed E-state index contributed by atoms with van der Waals surface area (Å²) in [7, 11) is -1.12. The van der Waals surface area contributed by atoms with E-state index in [0.717, 1.165) is 6.61 Å². The highest BCUT2D eigenvalue weighted by Crippen LogP contribution is 2.14. The van der Waals surface area contributed by atoms with Crippen LogP contribution in [0.25, 0.3) is 0 Å². The predicted molar refractivity (Wildman–Crippen MR) is 47.2 cm³/mol. The minimum atomic E-state index is -1.12. The van der Waals surface area contributed by atoms with Gasteiger partial charge in [0.1, 0.15) is 0 Å². The van der Waals surface area contributed by atoms with Gasteiger partial charge >= 0.3 is 0 Å². The van der Waals surface area contributed by atoms with Crippen molar-refractivity contribution in [2.75, 3.05) is 6.61 Å². The maximum absolute atomic E-state index is 10.9. The maximum atomic E-state index is 10.9. The van der Waals surface area contributed by atoms with E-state index in [1.807, 2.05) is 0 Å². The van der Waals surface area contributed by atoms with Crippen molar-refractivity contribution in [1.29, 1.82) is 0 Å². The van der Waals surface area contributed by atoms with Crippen molar-refractivity contribution in [2.24, 2.45) is 0 Å². The quantitative estimate of drug-likeness (QED) is 0.471. The van der Waals surface area contributed by atoms with E-state index >= 15 is 0 Å². The molecule has 0 aliphatic carbocycles. The summed E-state index contributed by atoms with van der Waals surface area (Å²) in [5, 5.41) is 0. The number of carbonyl (C=O) groups excluding carboxylic acids is 1. The molecule has 0 amide bonds. The molecule has 1 aliphatic rings. The van der Waals surface area contributed by atoms with Gasteiger partial charge in [-0.2, -0.15) is 0 Å². The van der Waals surface area contributed by atoms with E-state index < -0.39 is 9.04 Å². The van der Waals surface area contributed by atoms with Crippen LogP contribution in [-0.4, -0.2) is 21.4 Å². The molecule has 0 spiro atoms. The van der Waals surface area contributed by atoms with Gasteiger partial charge in [0.05, 0.1) is 0 Å². The molecule has 62 valence electrons. The van der Waals surface area contributed by atoms with Crippen LogP contribution in [-0.2, 0) is 9.22 Å². The number of rotatable bonds is 3. The van der Waals surface area contributed by atoms with E-state index in [0.29, 0.717) is 6.04 Å². The van der Waals surface area contributed by atoms with Gasteiger partial charge in [0.25, 0.3) is 0 Å². The highest BCUT2D eigenvalue weighted by atomic mass is 28.3. The van der Waals surface area contributed by atoms with E-state index in [9.17, 15) is 4.79 Å². The van der Waals surface area contributed by atoms with Crippen LogP contribution >= 0.6 is 0 Å². The predicted octanol–water partition coefficient (Wildman–Crippen LogP) is 1.28. The second kappa shape index (κ2) is 4.46. The fraction of sp³-hybridized carbons (Fsp3) is 0.625. The number of hydrogen-bond acceptors (Lipinski definition) is 2. The first kappa shape index (κ1) is 8.68. The fourth-order valence-corrected chi connectivity index (χ4v) is 3.62. The maximum Gasteiger partial charge on any atom is 0.184 e. The van der Waals surface area contributed by atoms with Crippen LogP contribution in [0.2, 0.25) is 12.1 Å². The zero-order valence-corrected chi connectivity index (χ0v) is 7.87. The zero-order valence-electron chi connectivity index (χ0n) is 6.71. The molecule has 0 aromatic rings. The molecule has 0 bridgehead atoms. The Bertz CT molecular complexity index is 150. The molecule has 1 aliphatic heterocycles. The Kier molecular flexibility index (Phi) is 3.52. The highest BCUT2D eigenvalue weighted by molar-refractivity contribution is 6.56. The van der Waals surface area contributed by atoms with Crippen molar-refractivity contribution in [3.8, 4) is 0 Å². The SMILES string of the molecule is C=CC(=O)C[SiH]1CCCCO1. The third-order valence-electron chi connectivity index (χ3n) is 1.93. The van der Waals surface area contributed by atoms with Crippen LogP contribution in [0.3, 0.4) is 0 Å². The Balaban J connectivity index is 2.24. The lowest BCUT2D eigenvalue weighted by atomic mass is 10.4. The minimum absolute atomic E-state index is 0.156. The van der Waals surface area contributed by atoms with E-state index in [2.05, 4.69) is 6.58 Å². The lowest BCUT2D eigenvalue weighted by Crippen LogP contribution is -2.25. The molecule has 0 radical (unpaired) electrons. The normalized spacial score (nSPS) is 24.5. The fourth-order valence-electron chi connectivity index (χ4n) is 1.28. The first-order chi connectivity index (χ1) is 5.33. The van der Waals surface area contributed by atoms with Crippen LogP contribution in [0.4, 0.5) is 0 Å². The van der Waals surface area contributed by atoms with Gasteiger partial charge in [0.2, 0.25) is 0 Å². The largest absolute Gasteiger partial charge is 0.420 e. The van der Waals surface area contributed by atoms with E-state index in [1.165, 1.54) is 25.0 Å². The summed E-state index contributed by atoms with van der Waals surface area (Å²) in [6, 6.07) is 1.82. The average Bonchev–Trinajstić information content (AvgIpc) is 2.06. The molecular weight excluding hydrogens is 156 g/mol. The van der Waals surface area contributed by atoms with Crippen molar-refractivity contribution in [2.45, 2.75) is 24.9 Å². The smallest absolute Gasteiger partial charge is 0.184 e. The topological polar surface area (TPSA) is 26.3 Å². The number of hydrogen-bond donors (Lipinski definition) is 0. The molecule has 0 aromatic heterocycles. The lowest BCUT2D eigenvalue weighted by Gasteiger charge is -2.19. The summed E-state index contributed by atoms with van der Waals surface area (Å²) in [5.41, 5.74) is 0. The first-order valence-corrected chi connectivity index (χ1v) is 6.20. The lowest BCUT2D eigenvalue weighted by molar-refractivity contribution is -0.112. The highest BCUT2D eigenvalue weighted by Gasteiger charge is 2.17. The van der Waals surface area contributed by atoms with Gasteiger partial charge < -0.3 is 4.43 Å². The van der Waals surface area contributed by atoms with E-state index in [1.54, 1.807) is 0 Å². The summed E-state index contributed by atoms with van der Waals surface area (Å²) < 4.78 is 5.52. The van der Waals surface area contributed by atoms with Crippen LogP contribution in [0.15, 0.2) is 12.7 Å². The van der Waals surface area contributed by atoms with Crippen LogP contribution in [0, 0.1) is 0 Å². The summed E-state index contributed by atoms with van der Waals surface area (Å²) in [6.45, 7) is 4.32. The molecule has 1 saturated heterocycles. The summed E-state index contributed by atoms with van der Waals surface area (Å²) in [5.74, 6) is 0.156. The molecule has 0 saturated carbocycles. The Morgan fingerprint density at radius 1 is 1.64 bits per heavy atom. The van der Waals surface area contributed by atoms with Crippen LogP contribution in [0.5, 0.6) is 0 Å². The summed E-state index contributed by atoms with van der Waals surface area (Å²) in [6.07, 6.45) is 3.83. The molecule has 0 N–H and O–H groups in total. The summed E-state index contributed by atoms with van der Waals surface area (Å²) in [4.78, 5) is 10.9. The van der Waals surface area contributed by atoms with Gasteiger partial charge in [-0.05, 0) is 18.5 Å². The van der Waals surface area contributed by atoms with Gasteiger partial charge in [-0.15, -0.1) is 0 Å². The van der Waals surface area contributed by atoms with Gasteiger partial charge in [-0.3, -0.25) is 4.79 Å². The molecule has 1 fully saturated rings. The van der Waals surface area contributed by atoms with Gasteiger partial charge in [-0.25, -0.2) is 0 Å². The first-order valence-electron chi connectivity index (χ1n) is 4.10. The molecule has 2 nitrogen and oxygen atoms in total. The molecule has 3 heteroatoms. The summed E-state index contributed by atoms with van der Waals surface area (Å²) >= 11 is 0. The van der Waals surface area contributed by atoms with Crippen molar-refractivity contribution in [1.82, 2.24) is 0 Å². The Morgan fingerprint density at radius 2 is 2.45 bits per heavy atom. The van der Waals surface area contributed by atoms with Crippen molar-refractivity contribution < 1.29 is 9.22 Å². The van der Waals surface area contributed by atoms with Crippen molar-refractivity contribution >= 4 is 14.8 Å².